The molecule has 32 heavy (non-hydrogen) atoms. The van der Waals surface area contributed by atoms with Crippen LogP contribution in [0, 0.1) is 0 Å². The summed E-state index contributed by atoms with van der Waals surface area (Å²) in [6, 6.07) is 10.5. The summed E-state index contributed by atoms with van der Waals surface area (Å²) in [5.74, 6) is -0.510. The number of rotatable bonds is 10. The lowest BCUT2D eigenvalue weighted by atomic mass is 10.1. The summed E-state index contributed by atoms with van der Waals surface area (Å²) in [4.78, 5) is 39.7. The molecule has 1 aliphatic rings. The van der Waals surface area contributed by atoms with Crippen LogP contribution in [-0.4, -0.2) is 40.2 Å². The zero-order chi connectivity index (χ0) is 22.9. The van der Waals surface area contributed by atoms with Gasteiger partial charge in [-0.2, -0.15) is 0 Å². The van der Waals surface area contributed by atoms with E-state index in [4.69, 9.17) is 17.0 Å². The SMILES string of the molecule is CCOC(=O)c1ccc(NC(=O)CCCCCN2C(=O)C(=Cc3cccs3)SC2=S)cc1. The lowest BCUT2D eigenvalue weighted by Crippen LogP contribution is -2.29. The van der Waals surface area contributed by atoms with E-state index in [1.54, 1.807) is 47.4 Å². The van der Waals surface area contributed by atoms with Gasteiger partial charge in [-0.3, -0.25) is 14.5 Å². The van der Waals surface area contributed by atoms with Crippen LogP contribution in [0.1, 0.15) is 47.8 Å². The molecule has 9 heteroatoms. The standard InChI is InChI=1S/C23H24N2O4S3/c1-2-29-22(28)16-9-11-17(12-10-16)24-20(26)8-4-3-5-13-25-21(27)19(32-23(25)30)15-18-7-6-14-31-18/h6-7,9-12,14-15H,2-5,8,13H2,1H3,(H,24,26). The van der Waals surface area contributed by atoms with Crippen molar-refractivity contribution in [3.05, 3.63) is 57.1 Å². The van der Waals surface area contributed by atoms with Gasteiger partial charge in [-0.15, -0.1) is 11.3 Å². The highest BCUT2D eigenvalue weighted by molar-refractivity contribution is 8.26. The van der Waals surface area contributed by atoms with Gasteiger partial charge in [0.2, 0.25) is 5.91 Å². The fourth-order valence-electron chi connectivity index (χ4n) is 3.06. The molecule has 3 rings (SSSR count). The number of unbranched alkanes of at least 4 members (excludes halogenated alkanes) is 2. The van der Waals surface area contributed by atoms with Gasteiger partial charge in [0.05, 0.1) is 17.1 Å². The van der Waals surface area contributed by atoms with Crippen molar-refractivity contribution < 1.29 is 19.1 Å². The van der Waals surface area contributed by atoms with E-state index < -0.39 is 0 Å². The molecule has 6 nitrogen and oxygen atoms in total. The third-order valence-electron chi connectivity index (χ3n) is 4.66. The highest BCUT2D eigenvalue weighted by Gasteiger charge is 2.31. The van der Waals surface area contributed by atoms with Crippen molar-refractivity contribution in [3.63, 3.8) is 0 Å². The maximum Gasteiger partial charge on any atom is 0.338 e. The van der Waals surface area contributed by atoms with E-state index in [0.717, 1.165) is 17.7 Å². The van der Waals surface area contributed by atoms with Gasteiger partial charge in [-0.1, -0.05) is 36.5 Å². The predicted molar refractivity (Wildman–Crippen MR) is 134 cm³/mol. The average Bonchev–Trinajstić information content (AvgIpc) is 3.37. The number of carbonyl (C=O) groups excluding carboxylic acids is 3. The highest BCUT2D eigenvalue weighted by Crippen LogP contribution is 2.33. The fourth-order valence-corrected chi connectivity index (χ4v) is 5.09. The van der Waals surface area contributed by atoms with Crippen LogP contribution in [0.4, 0.5) is 5.69 Å². The van der Waals surface area contributed by atoms with Gasteiger partial charge in [0.15, 0.2) is 0 Å². The molecule has 1 N–H and O–H groups in total. The van der Waals surface area contributed by atoms with Crippen LogP contribution < -0.4 is 5.32 Å². The van der Waals surface area contributed by atoms with E-state index in [-0.39, 0.29) is 17.8 Å². The number of nitrogens with one attached hydrogen (secondary N) is 1. The Bertz CT molecular complexity index is 1000. The van der Waals surface area contributed by atoms with Gasteiger partial charge in [-0.25, -0.2) is 4.79 Å². The molecule has 2 amide bonds. The first kappa shape index (κ1) is 24.2. The zero-order valence-electron chi connectivity index (χ0n) is 17.7. The Balaban J connectivity index is 1.36. The maximum absolute atomic E-state index is 12.6. The van der Waals surface area contributed by atoms with Crippen molar-refractivity contribution in [1.82, 2.24) is 4.90 Å². The molecule has 0 aliphatic carbocycles. The molecule has 2 aromatic rings. The van der Waals surface area contributed by atoms with Crippen LogP contribution in [0.5, 0.6) is 0 Å². The molecule has 1 fully saturated rings. The number of amides is 2. The topological polar surface area (TPSA) is 75.7 Å². The van der Waals surface area contributed by atoms with Crippen LogP contribution in [0.3, 0.4) is 0 Å². The van der Waals surface area contributed by atoms with E-state index >= 15 is 0 Å². The van der Waals surface area contributed by atoms with Gasteiger partial charge < -0.3 is 10.1 Å². The minimum absolute atomic E-state index is 0.0441. The van der Waals surface area contributed by atoms with Crippen molar-refractivity contribution >= 4 is 69.2 Å². The average molecular weight is 489 g/mol. The van der Waals surface area contributed by atoms with E-state index in [1.807, 2.05) is 23.6 Å². The number of thiophene rings is 1. The Kier molecular flexibility index (Phi) is 9.01. The Labute approximate surface area is 201 Å². The summed E-state index contributed by atoms with van der Waals surface area (Å²) < 4.78 is 5.53. The number of ether oxygens (including phenoxy) is 1. The second kappa shape index (κ2) is 11.9. The quantitative estimate of drug-likeness (QED) is 0.211. The molecule has 2 heterocycles. The van der Waals surface area contributed by atoms with Gasteiger partial charge in [0, 0.05) is 23.5 Å². The second-order valence-electron chi connectivity index (χ2n) is 7.01. The number of nitrogens with zero attached hydrogens (tertiary/aromatic N) is 1. The number of esters is 1. The van der Waals surface area contributed by atoms with Crippen molar-refractivity contribution in [1.29, 1.82) is 0 Å². The summed E-state index contributed by atoms with van der Waals surface area (Å²) in [6.07, 6.45) is 4.58. The molecular weight excluding hydrogens is 464 g/mol. The summed E-state index contributed by atoms with van der Waals surface area (Å²) in [7, 11) is 0. The molecule has 1 aliphatic heterocycles. The zero-order valence-corrected chi connectivity index (χ0v) is 20.1. The Morgan fingerprint density at radius 3 is 2.62 bits per heavy atom. The molecular formula is C23H24N2O4S3. The Morgan fingerprint density at radius 1 is 1.16 bits per heavy atom. The molecule has 0 radical (unpaired) electrons. The fraction of sp³-hybridized carbons (Fsp3) is 0.304. The van der Waals surface area contributed by atoms with E-state index in [0.29, 0.717) is 46.5 Å². The van der Waals surface area contributed by atoms with E-state index in [2.05, 4.69) is 5.32 Å². The number of hydrogen-bond acceptors (Lipinski definition) is 7. The normalized spacial score (nSPS) is 14.8. The third kappa shape index (κ3) is 6.75. The smallest absolute Gasteiger partial charge is 0.338 e. The molecule has 0 spiro atoms. The van der Waals surface area contributed by atoms with Crippen LogP contribution in [-0.2, 0) is 14.3 Å². The summed E-state index contributed by atoms with van der Waals surface area (Å²) in [5.41, 5.74) is 1.09. The molecule has 1 aromatic heterocycles. The van der Waals surface area contributed by atoms with Gasteiger partial charge in [0.1, 0.15) is 4.32 Å². The minimum Gasteiger partial charge on any atom is -0.462 e. The van der Waals surface area contributed by atoms with Crippen molar-refractivity contribution in [3.8, 4) is 0 Å². The van der Waals surface area contributed by atoms with Crippen molar-refractivity contribution in [2.75, 3.05) is 18.5 Å². The third-order valence-corrected chi connectivity index (χ3v) is 6.85. The lowest BCUT2D eigenvalue weighted by Gasteiger charge is -2.14. The van der Waals surface area contributed by atoms with Crippen molar-refractivity contribution in [2.45, 2.75) is 32.6 Å². The highest BCUT2D eigenvalue weighted by atomic mass is 32.2. The van der Waals surface area contributed by atoms with Crippen LogP contribution in [0.15, 0.2) is 46.7 Å². The number of anilines is 1. The first-order valence-corrected chi connectivity index (χ1v) is 12.4. The monoisotopic (exact) mass is 488 g/mol. The van der Waals surface area contributed by atoms with Crippen LogP contribution in [0.25, 0.3) is 6.08 Å². The lowest BCUT2D eigenvalue weighted by molar-refractivity contribution is -0.122. The van der Waals surface area contributed by atoms with Gasteiger partial charge in [-0.05, 0) is 61.6 Å². The maximum atomic E-state index is 12.6. The summed E-state index contributed by atoms with van der Waals surface area (Å²) in [5, 5.41) is 4.80. The molecule has 168 valence electrons. The van der Waals surface area contributed by atoms with Gasteiger partial charge >= 0.3 is 5.97 Å². The molecule has 0 unspecified atom stereocenters. The molecule has 1 aromatic carbocycles. The number of benzene rings is 1. The van der Waals surface area contributed by atoms with E-state index in [9.17, 15) is 14.4 Å². The second-order valence-corrected chi connectivity index (χ2v) is 9.66. The Morgan fingerprint density at radius 2 is 1.94 bits per heavy atom. The molecule has 0 saturated carbocycles. The number of carbonyl (C=O) groups is 3. The Hall–Kier alpha value is -2.49. The number of thiocarbonyl (C=S) groups is 1. The van der Waals surface area contributed by atoms with Crippen LogP contribution in [0.2, 0.25) is 0 Å². The largest absolute Gasteiger partial charge is 0.462 e. The first-order chi connectivity index (χ1) is 15.5. The number of thioether (sulfide) groups is 1. The molecule has 0 atom stereocenters. The van der Waals surface area contributed by atoms with Gasteiger partial charge in [0.25, 0.3) is 5.91 Å². The number of hydrogen-bond donors (Lipinski definition) is 1. The van der Waals surface area contributed by atoms with E-state index in [1.165, 1.54) is 11.8 Å². The summed E-state index contributed by atoms with van der Waals surface area (Å²) in [6.45, 7) is 2.63. The van der Waals surface area contributed by atoms with Crippen molar-refractivity contribution in [2.24, 2.45) is 0 Å². The molecule has 1 saturated heterocycles. The molecule has 0 bridgehead atoms. The predicted octanol–water partition coefficient (Wildman–Crippen LogP) is 5.33. The van der Waals surface area contributed by atoms with Crippen LogP contribution >= 0.6 is 35.3 Å². The minimum atomic E-state index is -0.381. The summed E-state index contributed by atoms with van der Waals surface area (Å²) >= 11 is 8.28. The first-order valence-electron chi connectivity index (χ1n) is 10.3.